The van der Waals surface area contributed by atoms with E-state index in [-0.39, 0.29) is 5.82 Å². The predicted molar refractivity (Wildman–Crippen MR) is 110 cm³/mol. The van der Waals surface area contributed by atoms with Crippen molar-refractivity contribution in [1.29, 1.82) is 0 Å². The summed E-state index contributed by atoms with van der Waals surface area (Å²) in [5.74, 6) is -0.243. The molecule has 1 aromatic heterocycles. The highest BCUT2D eigenvalue weighted by Crippen LogP contribution is 2.35. The van der Waals surface area contributed by atoms with Gasteiger partial charge in [-0.05, 0) is 80.5 Å². The molecular weight excluding hydrogens is 351 g/mol. The van der Waals surface area contributed by atoms with Crippen LogP contribution in [-0.2, 0) is 6.42 Å². The number of aromatic nitrogens is 2. The van der Waals surface area contributed by atoms with Crippen LogP contribution in [0.5, 0.6) is 0 Å². The van der Waals surface area contributed by atoms with E-state index in [1.165, 1.54) is 17.7 Å². The highest BCUT2D eigenvalue weighted by atomic mass is 19.1. The minimum atomic E-state index is -0.243. The number of allylic oxidation sites excluding steroid dienone is 1. The van der Waals surface area contributed by atoms with Crippen molar-refractivity contribution in [3.05, 3.63) is 81.9 Å². The maximum absolute atomic E-state index is 13.3. The number of carbonyl (C=O) groups is 1. The van der Waals surface area contributed by atoms with E-state index >= 15 is 0 Å². The molecule has 4 rings (SSSR count). The average molecular weight is 374 g/mol. The summed E-state index contributed by atoms with van der Waals surface area (Å²) < 4.78 is 15.2. The van der Waals surface area contributed by atoms with Crippen LogP contribution in [-0.4, -0.2) is 16.1 Å². The lowest BCUT2D eigenvalue weighted by Crippen LogP contribution is -2.05. The molecule has 1 heterocycles. The number of hydrogen-bond acceptors (Lipinski definition) is 2. The van der Waals surface area contributed by atoms with Crippen molar-refractivity contribution in [1.82, 2.24) is 9.78 Å². The molecule has 0 bridgehead atoms. The van der Waals surface area contributed by atoms with Crippen LogP contribution in [0.3, 0.4) is 0 Å². The summed E-state index contributed by atoms with van der Waals surface area (Å²) >= 11 is 0. The third kappa shape index (κ3) is 3.42. The Balaban J connectivity index is 1.94. The first kappa shape index (κ1) is 18.4. The fourth-order valence-corrected chi connectivity index (χ4v) is 3.99. The highest BCUT2D eigenvalue weighted by Gasteiger charge is 2.24. The molecule has 0 radical (unpaired) electrons. The molecule has 1 aliphatic carbocycles. The molecule has 3 aromatic rings. The second-order valence-corrected chi connectivity index (χ2v) is 7.46. The van der Waals surface area contributed by atoms with Crippen molar-refractivity contribution in [3.8, 4) is 5.69 Å². The zero-order valence-electron chi connectivity index (χ0n) is 16.2. The molecule has 0 unspecified atom stereocenters. The van der Waals surface area contributed by atoms with Crippen LogP contribution in [0.1, 0.15) is 57.7 Å². The highest BCUT2D eigenvalue weighted by molar-refractivity contribution is 5.86. The normalized spacial score (nSPS) is 15.3. The zero-order chi connectivity index (χ0) is 19.7. The number of carbonyl (C=O) groups excluding carboxylic acids is 1. The Morgan fingerprint density at radius 2 is 1.79 bits per heavy atom. The Labute approximate surface area is 164 Å². The molecule has 4 heteroatoms. The van der Waals surface area contributed by atoms with Crippen molar-refractivity contribution in [2.75, 3.05) is 0 Å². The molecule has 0 spiro atoms. The molecule has 2 aromatic carbocycles. The Morgan fingerprint density at radius 3 is 2.50 bits per heavy atom. The number of aldehydes is 1. The van der Waals surface area contributed by atoms with E-state index in [0.29, 0.717) is 5.69 Å². The molecule has 0 fully saturated rings. The number of benzene rings is 2. The number of aryl methyl sites for hydroxylation is 2. The summed E-state index contributed by atoms with van der Waals surface area (Å²) in [7, 11) is 0. The fraction of sp³-hybridized carbons (Fsp3) is 0.250. The van der Waals surface area contributed by atoms with Crippen molar-refractivity contribution in [2.24, 2.45) is 0 Å². The summed E-state index contributed by atoms with van der Waals surface area (Å²) in [6, 6.07) is 12.8. The van der Waals surface area contributed by atoms with Gasteiger partial charge in [0.25, 0.3) is 0 Å². The van der Waals surface area contributed by atoms with Gasteiger partial charge < -0.3 is 0 Å². The molecular formula is C24H23FN2O. The number of rotatable bonds is 3. The van der Waals surface area contributed by atoms with Gasteiger partial charge in [0.15, 0.2) is 6.29 Å². The standard InChI is InChI=1S/C24H23FN2O/c1-16-7-12-23(17(2)13-16)27-24-19(14-18-8-10-20(25)11-9-18)5-3-4-6-21(24)22(15-28)26-27/h7-15H,3-6H2,1-2H3/b19-14+. The van der Waals surface area contributed by atoms with Gasteiger partial charge in [-0.25, -0.2) is 9.07 Å². The van der Waals surface area contributed by atoms with E-state index in [1.807, 2.05) is 4.68 Å². The Morgan fingerprint density at radius 1 is 1.04 bits per heavy atom. The lowest BCUT2D eigenvalue weighted by atomic mass is 10.0. The van der Waals surface area contributed by atoms with Gasteiger partial charge in [0.2, 0.25) is 0 Å². The van der Waals surface area contributed by atoms with Crippen LogP contribution in [0, 0.1) is 19.7 Å². The Hall–Kier alpha value is -3.01. The number of nitrogens with zero attached hydrogens (tertiary/aromatic N) is 2. The molecule has 0 saturated carbocycles. The maximum Gasteiger partial charge on any atom is 0.170 e. The number of fused-ring (bicyclic) bond motifs is 1. The van der Waals surface area contributed by atoms with E-state index in [4.69, 9.17) is 0 Å². The summed E-state index contributed by atoms with van der Waals surface area (Å²) in [6.45, 7) is 4.13. The van der Waals surface area contributed by atoms with Crippen molar-refractivity contribution in [3.63, 3.8) is 0 Å². The Kier molecular flexibility index (Phi) is 4.95. The molecule has 28 heavy (non-hydrogen) atoms. The lowest BCUT2D eigenvalue weighted by Gasteiger charge is -2.14. The third-order valence-corrected chi connectivity index (χ3v) is 5.34. The predicted octanol–water partition coefficient (Wildman–Crippen LogP) is 5.71. The molecule has 142 valence electrons. The first-order chi connectivity index (χ1) is 13.6. The van der Waals surface area contributed by atoms with Crippen LogP contribution < -0.4 is 0 Å². The quantitative estimate of drug-likeness (QED) is 0.435. The smallest absolute Gasteiger partial charge is 0.170 e. The molecule has 0 saturated heterocycles. The lowest BCUT2D eigenvalue weighted by molar-refractivity contribution is 0.111. The fourth-order valence-electron chi connectivity index (χ4n) is 3.99. The minimum absolute atomic E-state index is 0.243. The number of halogens is 1. The van der Waals surface area contributed by atoms with Crippen molar-refractivity contribution in [2.45, 2.75) is 39.5 Å². The van der Waals surface area contributed by atoms with E-state index in [2.05, 4.69) is 43.2 Å². The minimum Gasteiger partial charge on any atom is -0.296 e. The van der Waals surface area contributed by atoms with Gasteiger partial charge >= 0.3 is 0 Å². The van der Waals surface area contributed by atoms with Crippen molar-refractivity contribution >= 4 is 17.9 Å². The molecule has 1 aliphatic rings. The van der Waals surface area contributed by atoms with Gasteiger partial charge in [0.1, 0.15) is 11.5 Å². The topological polar surface area (TPSA) is 34.9 Å². The van der Waals surface area contributed by atoms with Gasteiger partial charge in [0.05, 0.1) is 11.4 Å². The van der Waals surface area contributed by atoms with Crippen LogP contribution in [0.4, 0.5) is 4.39 Å². The molecule has 0 atom stereocenters. The SMILES string of the molecule is Cc1ccc(-n2nc(C=O)c3c2/C(=C/c2ccc(F)cc2)CCCC3)c(C)c1. The van der Waals surface area contributed by atoms with E-state index < -0.39 is 0 Å². The third-order valence-electron chi connectivity index (χ3n) is 5.34. The molecule has 3 nitrogen and oxygen atoms in total. The maximum atomic E-state index is 13.3. The van der Waals surface area contributed by atoms with Crippen LogP contribution in [0.15, 0.2) is 42.5 Å². The second kappa shape index (κ2) is 7.55. The van der Waals surface area contributed by atoms with Crippen LogP contribution in [0.25, 0.3) is 17.3 Å². The van der Waals surface area contributed by atoms with Gasteiger partial charge in [-0.3, -0.25) is 4.79 Å². The van der Waals surface area contributed by atoms with Gasteiger partial charge in [-0.15, -0.1) is 0 Å². The molecule has 0 aliphatic heterocycles. The van der Waals surface area contributed by atoms with Gasteiger partial charge in [-0.1, -0.05) is 29.8 Å². The first-order valence-corrected chi connectivity index (χ1v) is 9.68. The zero-order valence-corrected chi connectivity index (χ0v) is 16.2. The Bertz CT molecular complexity index is 1060. The molecule has 0 N–H and O–H groups in total. The van der Waals surface area contributed by atoms with Crippen LogP contribution >= 0.6 is 0 Å². The van der Waals surface area contributed by atoms with Gasteiger partial charge in [-0.2, -0.15) is 5.10 Å². The summed E-state index contributed by atoms with van der Waals surface area (Å²) in [6.07, 6.45) is 6.77. The number of hydrogen-bond donors (Lipinski definition) is 0. The van der Waals surface area contributed by atoms with E-state index in [1.54, 1.807) is 12.1 Å². The summed E-state index contributed by atoms with van der Waals surface area (Å²) in [5.41, 5.74) is 7.93. The average Bonchev–Trinajstić information content (AvgIpc) is 2.91. The summed E-state index contributed by atoms with van der Waals surface area (Å²) in [4.78, 5) is 11.7. The van der Waals surface area contributed by atoms with Crippen molar-refractivity contribution < 1.29 is 9.18 Å². The second-order valence-electron chi connectivity index (χ2n) is 7.46. The van der Waals surface area contributed by atoms with Crippen LogP contribution in [0.2, 0.25) is 0 Å². The largest absolute Gasteiger partial charge is 0.296 e. The van der Waals surface area contributed by atoms with E-state index in [0.717, 1.165) is 65.6 Å². The molecule has 0 amide bonds. The summed E-state index contributed by atoms with van der Waals surface area (Å²) in [5, 5.41) is 4.67. The van der Waals surface area contributed by atoms with E-state index in [9.17, 15) is 9.18 Å². The monoisotopic (exact) mass is 374 g/mol. The van der Waals surface area contributed by atoms with Gasteiger partial charge in [0, 0.05) is 5.56 Å². The first-order valence-electron chi connectivity index (χ1n) is 9.68.